The number of hydrogen-bond donors (Lipinski definition) is 2. The summed E-state index contributed by atoms with van der Waals surface area (Å²) in [6.45, 7) is 5.88. The van der Waals surface area contributed by atoms with Crippen molar-refractivity contribution < 1.29 is 9.53 Å². The van der Waals surface area contributed by atoms with E-state index in [0.29, 0.717) is 24.9 Å². The Kier molecular flexibility index (Phi) is 6.62. The van der Waals surface area contributed by atoms with Crippen molar-refractivity contribution in [1.29, 1.82) is 0 Å². The van der Waals surface area contributed by atoms with Crippen LogP contribution in [0.2, 0.25) is 0 Å². The summed E-state index contributed by atoms with van der Waals surface area (Å²) in [5.41, 5.74) is 0.377. The second kappa shape index (κ2) is 8.74. The highest BCUT2D eigenvalue weighted by atomic mass is 16.5. The van der Waals surface area contributed by atoms with Gasteiger partial charge in [0, 0.05) is 13.2 Å². The van der Waals surface area contributed by atoms with Gasteiger partial charge < -0.3 is 15.4 Å². The summed E-state index contributed by atoms with van der Waals surface area (Å²) in [6, 6.07) is 0.345. The molecule has 7 nitrogen and oxygen atoms in total. The highest BCUT2D eigenvalue weighted by Gasteiger charge is 2.18. The molecular weight excluding hydrogens is 270 g/mol. The Labute approximate surface area is 125 Å². The molecule has 2 heterocycles. The molecule has 0 unspecified atom stereocenters. The molecule has 1 aliphatic heterocycles. The number of rotatable bonds is 8. The van der Waals surface area contributed by atoms with Crippen LogP contribution in [0.25, 0.3) is 0 Å². The Hall–Kier alpha value is -1.47. The van der Waals surface area contributed by atoms with Gasteiger partial charge in [-0.25, -0.2) is 4.68 Å². The highest BCUT2D eigenvalue weighted by molar-refractivity contribution is 5.91. The Morgan fingerprint density at radius 3 is 3.05 bits per heavy atom. The van der Waals surface area contributed by atoms with Crippen molar-refractivity contribution >= 4 is 5.91 Å². The van der Waals surface area contributed by atoms with Gasteiger partial charge in [-0.05, 0) is 32.4 Å². The first kappa shape index (κ1) is 15.9. The molecule has 2 N–H and O–H groups in total. The standard InChI is InChI=1S/C14H25N5O2/c1-2-3-9-21-10-8-16-14(20)13-11-19(18-17-13)12-4-6-15-7-5-12/h11-12,15H,2-10H2,1H3,(H,16,20). The summed E-state index contributed by atoms with van der Waals surface area (Å²) in [6.07, 6.45) is 5.96. The van der Waals surface area contributed by atoms with Crippen LogP contribution in [0.15, 0.2) is 6.20 Å². The zero-order valence-electron chi connectivity index (χ0n) is 12.7. The molecule has 1 aliphatic rings. The third-order valence-electron chi connectivity index (χ3n) is 3.60. The van der Waals surface area contributed by atoms with E-state index in [2.05, 4.69) is 27.9 Å². The normalized spacial score (nSPS) is 16.0. The van der Waals surface area contributed by atoms with Crippen LogP contribution in [0.1, 0.15) is 49.1 Å². The maximum Gasteiger partial charge on any atom is 0.273 e. The van der Waals surface area contributed by atoms with E-state index in [-0.39, 0.29) is 5.91 Å². The van der Waals surface area contributed by atoms with Gasteiger partial charge in [-0.1, -0.05) is 18.6 Å². The Morgan fingerprint density at radius 1 is 1.48 bits per heavy atom. The highest BCUT2D eigenvalue weighted by Crippen LogP contribution is 2.16. The minimum absolute atomic E-state index is 0.186. The number of aromatic nitrogens is 3. The number of nitrogens with one attached hydrogen (secondary N) is 2. The van der Waals surface area contributed by atoms with Crippen molar-refractivity contribution in [2.24, 2.45) is 0 Å². The zero-order chi connectivity index (χ0) is 14.9. The molecule has 0 aliphatic carbocycles. The van der Waals surface area contributed by atoms with Crippen LogP contribution in [0.3, 0.4) is 0 Å². The molecule has 2 rings (SSSR count). The first-order valence-corrected chi connectivity index (χ1v) is 7.79. The average Bonchev–Trinajstić information content (AvgIpc) is 3.01. The number of amides is 1. The lowest BCUT2D eigenvalue weighted by Gasteiger charge is -2.22. The summed E-state index contributed by atoms with van der Waals surface area (Å²) in [7, 11) is 0. The molecule has 1 amide bonds. The topological polar surface area (TPSA) is 81.1 Å². The molecule has 0 spiro atoms. The second-order valence-electron chi connectivity index (χ2n) is 5.29. The number of hydrogen-bond acceptors (Lipinski definition) is 5. The van der Waals surface area contributed by atoms with E-state index in [1.165, 1.54) is 0 Å². The Balaban J connectivity index is 1.71. The van der Waals surface area contributed by atoms with E-state index in [9.17, 15) is 4.79 Å². The molecule has 0 bridgehead atoms. The molecule has 21 heavy (non-hydrogen) atoms. The summed E-state index contributed by atoms with van der Waals surface area (Å²) >= 11 is 0. The predicted octanol–water partition coefficient (Wildman–Crippen LogP) is 0.749. The van der Waals surface area contributed by atoms with Crippen molar-refractivity contribution in [3.05, 3.63) is 11.9 Å². The number of unbranched alkanes of at least 4 members (excludes halogenated alkanes) is 1. The quantitative estimate of drug-likeness (QED) is 0.692. The van der Waals surface area contributed by atoms with E-state index in [4.69, 9.17) is 4.74 Å². The number of nitrogens with zero attached hydrogens (tertiary/aromatic N) is 3. The molecule has 118 valence electrons. The van der Waals surface area contributed by atoms with Gasteiger partial charge in [0.25, 0.3) is 5.91 Å². The average molecular weight is 295 g/mol. The molecule has 0 saturated carbocycles. The van der Waals surface area contributed by atoms with Crippen LogP contribution in [0.4, 0.5) is 0 Å². The van der Waals surface area contributed by atoms with Crippen molar-refractivity contribution in [2.45, 2.75) is 38.6 Å². The van der Waals surface area contributed by atoms with Gasteiger partial charge in [-0.2, -0.15) is 0 Å². The number of carbonyl (C=O) groups is 1. The Bertz CT molecular complexity index is 429. The molecule has 1 saturated heterocycles. The molecule has 1 aromatic heterocycles. The summed E-state index contributed by atoms with van der Waals surface area (Å²) in [5, 5.41) is 14.1. The monoisotopic (exact) mass is 295 g/mol. The Morgan fingerprint density at radius 2 is 2.29 bits per heavy atom. The fourth-order valence-electron chi connectivity index (χ4n) is 2.31. The van der Waals surface area contributed by atoms with Crippen LogP contribution in [0.5, 0.6) is 0 Å². The van der Waals surface area contributed by atoms with E-state index in [0.717, 1.165) is 45.4 Å². The lowest BCUT2D eigenvalue weighted by atomic mass is 10.1. The van der Waals surface area contributed by atoms with Crippen LogP contribution in [-0.4, -0.2) is 53.7 Å². The molecule has 1 aromatic rings. The molecule has 0 aromatic carbocycles. The summed E-state index contributed by atoms with van der Waals surface area (Å²) in [5.74, 6) is -0.186. The molecule has 7 heteroatoms. The SMILES string of the molecule is CCCCOCCNC(=O)c1cn(C2CCNCC2)nn1. The van der Waals surface area contributed by atoms with Gasteiger partial charge >= 0.3 is 0 Å². The maximum absolute atomic E-state index is 11.9. The van der Waals surface area contributed by atoms with Crippen LogP contribution in [-0.2, 0) is 4.74 Å². The number of piperidine rings is 1. The molecule has 0 radical (unpaired) electrons. The van der Waals surface area contributed by atoms with Gasteiger partial charge in [0.2, 0.25) is 0 Å². The second-order valence-corrected chi connectivity index (χ2v) is 5.29. The van der Waals surface area contributed by atoms with Crippen molar-refractivity contribution in [3.8, 4) is 0 Å². The van der Waals surface area contributed by atoms with E-state index < -0.39 is 0 Å². The minimum Gasteiger partial charge on any atom is -0.380 e. The van der Waals surface area contributed by atoms with Crippen LogP contribution in [0, 0.1) is 0 Å². The molecule has 1 fully saturated rings. The van der Waals surface area contributed by atoms with Gasteiger partial charge in [0.15, 0.2) is 5.69 Å². The smallest absolute Gasteiger partial charge is 0.273 e. The van der Waals surface area contributed by atoms with E-state index in [1.54, 1.807) is 6.20 Å². The first-order valence-electron chi connectivity index (χ1n) is 7.79. The van der Waals surface area contributed by atoms with Crippen LogP contribution < -0.4 is 10.6 Å². The molecular formula is C14H25N5O2. The summed E-state index contributed by atoms with van der Waals surface area (Å²) in [4.78, 5) is 11.9. The number of carbonyl (C=O) groups excluding carboxylic acids is 1. The van der Waals surface area contributed by atoms with E-state index >= 15 is 0 Å². The van der Waals surface area contributed by atoms with Crippen LogP contribution >= 0.6 is 0 Å². The van der Waals surface area contributed by atoms with Gasteiger partial charge in [0.05, 0.1) is 18.8 Å². The van der Waals surface area contributed by atoms with Crippen molar-refractivity contribution in [1.82, 2.24) is 25.6 Å². The zero-order valence-corrected chi connectivity index (χ0v) is 12.7. The molecule has 0 atom stereocenters. The van der Waals surface area contributed by atoms with Crippen molar-refractivity contribution in [2.75, 3.05) is 32.8 Å². The van der Waals surface area contributed by atoms with E-state index in [1.807, 2.05) is 4.68 Å². The largest absolute Gasteiger partial charge is 0.380 e. The van der Waals surface area contributed by atoms with Gasteiger partial charge in [-0.3, -0.25) is 4.79 Å². The third-order valence-corrected chi connectivity index (χ3v) is 3.60. The number of ether oxygens (including phenoxy) is 1. The van der Waals surface area contributed by atoms with Gasteiger partial charge in [-0.15, -0.1) is 5.10 Å². The minimum atomic E-state index is -0.186. The predicted molar refractivity (Wildman–Crippen MR) is 79.2 cm³/mol. The van der Waals surface area contributed by atoms with Gasteiger partial charge in [0.1, 0.15) is 0 Å². The first-order chi connectivity index (χ1) is 10.3. The third kappa shape index (κ3) is 5.09. The maximum atomic E-state index is 11.9. The summed E-state index contributed by atoms with van der Waals surface area (Å²) < 4.78 is 7.21. The van der Waals surface area contributed by atoms with Crippen molar-refractivity contribution in [3.63, 3.8) is 0 Å². The lowest BCUT2D eigenvalue weighted by Crippen LogP contribution is -2.29. The fraction of sp³-hybridized carbons (Fsp3) is 0.786. The lowest BCUT2D eigenvalue weighted by molar-refractivity contribution is 0.0908. The fourth-order valence-corrected chi connectivity index (χ4v) is 2.31.